The number of allylic oxidation sites excluding steroid dienone is 4. The van der Waals surface area contributed by atoms with Crippen LogP contribution in [0.15, 0.2) is 24.3 Å². The Bertz CT molecular complexity index is 1880. The fourth-order valence-electron chi connectivity index (χ4n) is 10.6. The minimum atomic E-state index is -4.96. The number of hydrogen-bond donors (Lipinski definition) is 3. The molecular weight excluding hydrogens is 1210 g/mol. The molecule has 0 amide bonds. The molecule has 17 nitrogen and oxygen atoms in total. The molecule has 0 aromatic carbocycles. The van der Waals surface area contributed by atoms with Gasteiger partial charge < -0.3 is 33.8 Å². The van der Waals surface area contributed by atoms with Gasteiger partial charge in [-0.3, -0.25) is 37.3 Å². The van der Waals surface area contributed by atoms with Crippen LogP contribution in [-0.2, 0) is 65.4 Å². The van der Waals surface area contributed by atoms with Gasteiger partial charge in [-0.05, 0) is 63.2 Å². The van der Waals surface area contributed by atoms with Gasteiger partial charge in [0.05, 0.1) is 26.4 Å². The molecule has 5 atom stereocenters. The van der Waals surface area contributed by atoms with Gasteiger partial charge in [0.1, 0.15) is 19.3 Å². The van der Waals surface area contributed by atoms with Crippen molar-refractivity contribution in [3.05, 3.63) is 24.3 Å². The van der Waals surface area contributed by atoms with Crippen LogP contribution in [0.1, 0.15) is 350 Å². The second-order valence-electron chi connectivity index (χ2n) is 26.6. The second-order valence-corrected chi connectivity index (χ2v) is 29.5. The molecular formula is C73H138O17P2. The van der Waals surface area contributed by atoms with Gasteiger partial charge in [-0.1, -0.05) is 297 Å². The van der Waals surface area contributed by atoms with Crippen LogP contribution in [-0.4, -0.2) is 96.7 Å². The Balaban J connectivity index is 5.29. The van der Waals surface area contributed by atoms with Crippen LogP contribution in [0.4, 0.5) is 0 Å². The Morgan fingerprint density at radius 1 is 0.337 bits per heavy atom. The molecule has 0 aromatic heterocycles. The highest BCUT2D eigenvalue weighted by Crippen LogP contribution is 2.45. The van der Waals surface area contributed by atoms with E-state index in [0.29, 0.717) is 31.6 Å². The predicted octanol–water partition coefficient (Wildman–Crippen LogP) is 20.7. The first kappa shape index (κ1) is 89.5. The van der Waals surface area contributed by atoms with Crippen LogP contribution in [0, 0.1) is 11.8 Å². The zero-order chi connectivity index (χ0) is 67.9. The molecule has 0 radical (unpaired) electrons. The average molecular weight is 1350 g/mol. The van der Waals surface area contributed by atoms with Gasteiger partial charge in [0.25, 0.3) is 0 Å². The van der Waals surface area contributed by atoms with E-state index < -0.39 is 97.5 Å². The van der Waals surface area contributed by atoms with E-state index in [1.807, 2.05) is 0 Å². The average Bonchev–Trinajstić information content (AvgIpc) is 1.55. The third-order valence-corrected chi connectivity index (χ3v) is 18.2. The molecule has 0 aliphatic heterocycles. The number of aliphatic hydroxyl groups is 1. The molecule has 0 saturated heterocycles. The molecule has 0 aromatic rings. The molecule has 2 unspecified atom stereocenters. The van der Waals surface area contributed by atoms with Crippen molar-refractivity contribution in [3.8, 4) is 0 Å². The van der Waals surface area contributed by atoms with Crippen LogP contribution in [0.25, 0.3) is 0 Å². The lowest BCUT2D eigenvalue weighted by Crippen LogP contribution is -2.30. The number of ether oxygens (including phenoxy) is 4. The van der Waals surface area contributed by atoms with E-state index in [2.05, 4.69) is 65.8 Å². The van der Waals surface area contributed by atoms with Crippen LogP contribution < -0.4 is 0 Å². The quantitative estimate of drug-likeness (QED) is 0.0169. The third-order valence-electron chi connectivity index (χ3n) is 16.3. The van der Waals surface area contributed by atoms with Crippen molar-refractivity contribution in [1.82, 2.24) is 0 Å². The summed E-state index contributed by atoms with van der Waals surface area (Å²) in [4.78, 5) is 72.6. The highest BCUT2D eigenvalue weighted by atomic mass is 31.2. The van der Waals surface area contributed by atoms with Crippen LogP contribution >= 0.6 is 15.6 Å². The Hall–Kier alpha value is -2.46. The third kappa shape index (κ3) is 66.2. The highest BCUT2D eigenvalue weighted by molar-refractivity contribution is 7.47. The monoisotopic (exact) mass is 1350 g/mol. The standard InChI is InChI=1S/C73H138O17P2/c1-7-9-11-13-15-17-19-20-21-22-28-32-39-45-51-57-72(77)89-68(61-84-71(76)56-50-44-38-31-27-24-23-26-29-35-41-47-53-65(3)4)63-87-91(79,80)85-59-67(74)60-86-92(81,82)88-64-69(90-73(78)58-52-46-40-34-33-36-42-48-54-66(5)6)62-83-70(75)55-49-43-37-30-25-18-16-14-12-10-8-2/h17,19-21,65-69,74H,7-16,18,22-64H2,1-6H3,(H,79,80)(H,81,82)/b19-17-,21-20-/t67-,68-,69-/m1/s1. The molecule has 0 saturated carbocycles. The number of carbonyl (C=O) groups excluding carboxylic acids is 4. The summed E-state index contributed by atoms with van der Waals surface area (Å²) in [6.45, 7) is 9.47. The molecule has 0 fully saturated rings. The lowest BCUT2D eigenvalue weighted by Gasteiger charge is -2.21. The van der Waals surface area contributed by atoms with Crippen molar-refractivity contribution in [2.24, 2.45) is 11.8 Å². The summed E-state index contributed by atoms with van der Waals surface area (Å²) in [6.07, 6.45) is 53.5. The van der Waals surface area contributed by atoms with E-state index in [0.717, 1.165) is 109 Å². The van der Waals surface area contributed by atoms with Gasteiger partial charge in [0.15, 0.2) is 12.2 Å². The zero-order valence-electron chi connectivity index (χ0n) is 59.3. The summed E-state index contributed by atoms with van der Waals surface area (Å²) in [5, 5.41) is 10.6. The van der Waals surface area contributed by atoms with Crippen LogP contribution in [0.2, 0.25) is 0 Å². The molecule has 92 heavy (non-hydrogen) atoms. The van der Waals surface area contributed by atoms with Gasteiger partial charge in [0.2, 0.25) is 0 Å². The largest absolute Gasteiger partial charge is 0.472 e. The smallest absolute Gasteiger partial charge is 0.462 e. The fraction of sp³-hybridized carbons (Fsp3) is 0.890. The number of phosphoric acid groups is 2. The number of rotatable bonds is 70. The van der Waals surface area contributed by atoms with E-state index >= 15 is 0 Å². The van der Waals surface area contributed by atoms with E-state index in [1.54, 1.807) is 0 Å². The number of hydrogen-bond acceptors (Lipinski definition) is 15. The summed E-state index contributed by atoms with van der Waals surface area (Å²) in [5.74, 6) is -0.655. The summed E-state index contributed by atoms with van der Waals surface area (Å²) >= 11 is 0. The molecule has 3 N–H and O–H groups in total. The first-order valence-corrected chi connectivity index (χ1v) is 40.3. The Morgan fingerprint density at radius 2 is 0.587 bits per heavy atom. The minimum Gasteiger partial charge on any atom is -0.462 e. The Kier molecular flexibility index (Phi) is 62.8. The van der Waals surface area contributed by atoms with Crippen molar-refractivity contribution in [2.45, 2.75) is 368 Å². The number of aliphatic hydroxyl groups excluding tert-OH is 1. The van der Waals surface area contributed by atoms with Gasteiger partial charge >= 0.3 is 39.5 Å². The van der Waals surface area contributed by atoms with Crippen LogP contribution in [0.3, 0.4) is 0 Å². The maximum absolute atomic E-state index is 13.0. The van der Waals surface area contributed by atoms with E-state index in [4.69, 9.17) is 37.0 Å². The normalized spacial score (nSPS) is 14.2. The van der Waals surface area contributed by atoms with Crippen LogP contribution in [0.5, 0.6) is 0 Å². The van der Waals surface area contributed by atoms with Crippen molar-refractivity contribution in [3.63, 3.8) is 0 Å². The van der Waals surface area contributed by atoms with Crippen molar-refractivity contribution >= 4 is 39.5 Å². The van der Waals surface area contributed by atoms with Gasteiger partial charge in [0, 0.05) is 25.7 Å². The van der Waals surface area contributed by atoms with E-state index in [9.17, 15) is 43.2 Å². The number of unbranched alkanes of at least 4 members (excludes halogenated alkanes) is 37. The Morgan fingerprint density at radius 3 is 0.891 bits per heavy atom. The van der Waals surface area contributed by atoms with E-state index in [-0.39, 0.29) is 25.7 Å². The number of phosphoric ester groups is 2. The molecule has 0 heterocycles. The molecule has 542 valence electrons. The minimum absolute atomic E-state index is 0.0849. The lowest BCUT2D eigenvalue weighted by atomic mass is 10.0. The first-order valence-electron chi connectivity index (χ1n) is 37.3. The summed E-state index contributed by atoms with van der Waals surface area (Å²) < 4.78 is 68.3. The molecule has 0 aliphatic rings. The SMILES string of the molecule is CCCCCC/C=C\C=C/CCCCCCCC(=O)O[C@H](COC(=O)CCCCCCCCCCCCCCC(C)C)COP(=O)(O)OC[C@@H](O)COP(=O)(O)OC[C@@H](COC(=O)CCCCCCCCCCCCC)OC(=O)CCCCCCCCCCC(C)C. The predicted molar refractivity (Wildman–Crippen MR) is 372 cm³/mol. The summed E-state index contributed by atoms with van der Waals surface area (Å²) in [7, 11) is -9.92. The molecule has 0 rings (SSSR count). The summed E-state index contributed by atoms with van der Waals surface area (Å²) in [6, 6.07) is 0. The molecule has 0 aliphatic carbocycles. The molecule has 19 heteroatoms. The van der Waals surface area contributed by atoms with Crippen molar-refractivity contribution in [1.29, 1.82) is 0 Å². The van der Waals surface area contributed by atoms with Crippen molar-refractivity contribution in [2.75, 3.05) is 39.6 Å². The summed E-state index contributed by atoms with van der Waals surface area (Å²) in [5.41, 5.74) is 0. The van der Waals surface area contributed by atoms with Crippen molar-refractivity contribution < 1.29 is 80.2 Å². The Labute approximate surface area is 561 Å². The van der Waals surface area contributed by atoms with Gasteiger partial charge in [-0.25, -0.2) is 9.13 Å². The maximum Gasteiger partial charge on any atom is 0.472 e. The maximum atomic E-state index is 13.0. The molecule has 0 bridgehead atoms. The zero-order valence-corrected chi connectivity index (χ0v) is 61.1. The second kappa shape index (κ2) is 64.5. The number of esters is 4. The van der Waals surface area contributed by atoms with Gasteiger partial charge in [-0.2, -0.15) is 0 Å². The van der Waals surface area contributed by atoms with Gasteiger partial charge in [-0.15, -0.1) is 0 Å². The number of carbonyl (C=O) groups is 4. The topological polar surface area (TPSA) is 237 Å². The van der Waals surface area contributed by atoms with E-state index in [1.165, 1.54) is 154 Å². The molecule has 0 spiro atoms. The first-order chi connectivity index (χ1) is 44.4. The fourth-order valence-corrected chi connectivity index (χ4v) is 12.2. The lowest BCUT2D eigenvalue weighted by molar-refractivity contribution is -0.161. The highest BCUT2D eigenvalue weighted by Gasteiger charge is 2.30.